The summed E-state index contributed by atoms with van der Waals surface area (Å²) in [5.41, 5.74) is 0.412. The van der Waals surface area contributed by atoms with E-state index in [9.17, 15) is 4.79 Å². The number of carboxylic acid groups (broad SMARTS) is 1. The van der Waals surface area contributed by atoms with Crippen LogP contribution in [-0.2, 0) is 5.54 Å². The van der Waals surface area contributed by atoms with E-state index in [-0.39, 0.29) is 11.2 Å². The highest BCUT2D eigenvalue weighted by atomic mass is 16.4. The third-order valence-corrected chi connectivity index (χ3v) is 3.36. The molecule has 0 atom stereocenters. The Morgan fingerprint density at radius 1 is 1.62 bits per heavy atom. The minimum absolute atomic E-state index is 0.157. The normalized spacial score (nSPS) is 34.9. The minimum Gasteiger partial charge on any atom is -0.476 e. The maximum absolute atomic E-state index is 10.6. The third-order valence-electron chi connectivity index (χ3n) is 3.36. The van der Waals surface area contributed by atoms with Crippen molar-refractivity contribution in [2.75, 3.05) is 0 Å². The molecule has 3 saturated carbocycles. The lowest BCUT2D eigenvalue weighted by Gasteiger charge is -2.62. The second-order valence-corrected chi connectivity index (χ2v) is 4.17. The van der Waals surface area contributed by atoms with Gasteiger partial charge in [0.2, 0.25) is 0 Å². The van der Waals surface area contributed by atoms with Crippen molar-refractivity contribution in [1.29, 1.82) is 0 Å². The number of rotatable bonds is 2. The highest BCUT2D eigenvalue weighted by molar-refractivity contribution is 5.84. The van der Waals surface area contributed by atoms with Crippen LogP contribution in [0.4, 0.5) is 0 Å². The van der Waals surface area contributed by atoms with Crippen LogP contribution in [0.25, 0.3) is 0 Å². The summed E-state index contributed by atoms with van der Waals surface area (Å²) in [5, 5.41) is 8.69. The lowest BCUT2D eigenvalue weighted by molar-refractivity contribution is -0.0890. The molecule has 3 aliphatic rings. The quantitative estimate of drug-likeness (QED) is 0.737. The molecule has 0 saturated heterocycles. The van der Waals surface area contributed by atoms with Crippen LogP contribution in [-0.4, -0.2) is 20.6 Å². The molecule has 1 N–H and O–H groups in total. The van der Waals surface area contributed by atoms with E-state index in [2.05, 4.69) is 4.98 Å². The van der Waals surface area contributed by atoms with Gasteiger partial charge >= 0.3 is 5.97 Å². The zero-order valence-corrected chi connectivity index (χ0v) is 7.10. The summed E-state index contributed by atoms with van der Waals surface area (Å²) in [6.45, 7) is 0. The zero-order chi connectivity index (χ0) is 9.05. The van der Waals surface area contributed by atoms with Gasteiger partial charge in [0.05, 0.1) is 6.33 Å². The predicted molar refractivity (Wildman–Crippen MR) is 44.5 cm³/mol. The Balaban J connectivity index is 1.93. The standard InChI is InChI=1S/C9H10N2O2/c12-8(13)7-4-11(5-10-7)9-1-6(2-9)3-9/h4-6H,1-3H2,(H,12,13). The topological polar surface area (TPSA) is 55.1 Å². The van der Waals surface area contributed by atoms with Gasteiger partial charge in [-0.25, -0.2) is 9.78 Å². The number of carboxylic acids is 1. The highest BCUT2D eigenvalue weighted by Gasteiger charge is 2.57. The molecule has 2 bridgehead atoms. The van der Waals surface area contributed by atoms with Gasteiger partial charge < -0.3 is 9.67 Å². The first-order valence-electron chi connectivity index (χ1n) is 4.47. The third kappa shape index (κ3) is 0.753. The van der Waals surface area contributed by atoms with Crippen LogP contribution in [0.1, 0.15) is 29.8 Å². The van der Waals surface area contributed by atoms with Crippen LogP contribution >= 0.6 is 0 Å². The van der Waals surface area contributed by atoms with Crippen LogP contribution in [0.2, 0.25) is 0 Å². The van der Waals surface area contributed by atoms with Gasteiger partial charge in [-0.2, -0.15) is 0 Å². The first-order valence-corrected chi connectivity index (χ1v) is 4.47. The second kappa shape index (κ2) is 1.95. The molecule has 3 aliphatic carbocycles. The number of nitrogens with zero attached hydrogens (tertiary/aromatic N) is 2. The molecule has 1 aromatic rings. The lowest BCUT2D eigenvalue weighted by atomic mass is 9.50. The van der Waals surface area contributed by atoms with Gasteiger partial charge in [-0.05, 0) is 25.2 Å². The summed E-state index contributed by atoms with van der Waals surface area (Å²) in [6, 6.07) is 0. The van der Waals surface area contributed by atoms with E-state index in [1.807, 2.05) is 4.57 Å². The molecular weight excluding hydrogens is 168 g/mol. The fourth-order valence-corrected chi connectivity index (χ4v) is 2.44. The largest absolute Gasteiger partial charge is 0.476 e. The molecule has 0 aromatic carbocycles. The van der Waals surface area contributed by atoms with Crippen molar-refractivity contribution in [1.82, 2.24) is 9.55 Å². The van der Waals surface area contributed by atoms with Crippen LogP contribution < -0.4 is 0 Å². The van der Waals surface area contributed by atoms with Gasteiger partial charge in [0.25, 0.3) is 0 Å². The predicted octanol–water partition coefficient (Wildman–Crippen LogP) is 1.09. The number of aromatic carboxylic acids is 1. The molecule has 0 aliphatic heterocycles. The first kappa shape index (κ1) is 7.12. The van der Waals surface area contributed by atoms with E-state index in [1.54, 1.807) is 12.5 Å². The van der Waals surface area contributed by atoms with Gasteiger partial charge in [0, 0.05) is 11.7 Å². The summed E-state index contributed by atoms with van der Waals surface area (Å²) in [7, 11) is 0. The van der Waals surface area contributed by atoms with E-state index in [4.69, 9.17) is 5.11 Å². The molecule has 0 unspecified atom stereocenters. The van der Waals surface area contributed by atoms with E-state index >= 15 is 0 Å². The number of aromatic nitrogens is 2. The fraction of sp³-hybridized carbons (Fsp3) is 0.556. The molecule has 3 fully saturated rings. The average Bonchev–Trinajstić information content (AvgIpc) is 2.28. The van der Waals surface area contributed by atoms with Crippen molar-refractivity contribution in [2.24, 2.45) is 5.92 Å². The molecule has 13 heavy (non-hydrogen) atoms. The van der Waals surface area contributed by atoms with Crippen molar-refractivity contribution in [3.63, 3.8) is 0 Å². The van der Waals surface area contributed by atoms with E-state index < -0.39 is 5.97 Å². The molecule has 0 spiro atoms. The monoisotopic (exact) mass is 178 g/mol. The number of imidazole rings is 1. The van der Waals surface area contributed by atoms with Crippen molar-refractivity contribution >= 4 is 5.97 Å². The molecule has 1 aromatic heterocycles. The van der Waals surface area contributed by atoms with Crippen molar-refractivity contribution in [2.45, 2.75) is 24.8 Å². The Kier molecular flexibility index (Phi) is 1.07. The van der Waals surface area contributed by atoms with Gasteiger partial charge in [-0.15, -0.1) is 0 Å². The molecule has 4 nitrogen and oxygen atoms in total. The summed E-state index contributed by atoms with van der Waals surface area (Å²) in [5.74, 6) is -0.0407. The van der Waals surface area contributed by atoms with Crippen LogP contribution in [0.3, 0.4) is 0 Å². The highest BCUT2D eigenvalue weighted by Crippen LogP contribution is 2.62. The van der Waals surface area contributed by atoms with Gasteiger partial charge in [0.1, 0.15) is 0 Å². The molecule has 0 amide bonds. The van der Waals surface area contributed by atoms with E-state index in [0.29, 0.717) is 0 Å². The molecule has 4 heteroatoms. The second-order valence-electron chi connectivity index (χ2n) is 4.17. The number of hydrogen-bond donors (Lipinski definition) is 1. The smallest absolute Gasteiger partial charge is 0.356 e. The number of carbonyl (C=O) groups is 1. The summed E-state index contributed by atoms with van der Waals surface area (Å²) in [4.78, 5) is 14.4. The maximum atomic E-state index is 10.6. The minimum atomic E-state index is -0.939. The van der Waals surface area contributed by atoms with E-state index in [0.717, 1.165) is 5.92 Å². The Bertz CT molecular complexity index is 366. The summed E-state index contributed by atoms with van der Waals surface area (Å²) >= 11 is 0. The van der Waals surface area contributed by atoms with Crippen LogP contribution in [0.15, 0.2) is 12.5 Å². The van der Waals surface area contributed by atoms with Crippen molar-refractivity contribution < 1.29 is 9.90 Å². The Labute approximate surface area is 75.2 Å². The van der Waals surface area contributed by atoms with Crippen LogP contribution in [0.5, 0.6) is 0 Å². The molecule has 4 rings (SSSR count). The first-order chi connectivity index (χ1) is 6.20. The van der Waals surface area contributed by atoms with Gasteiger partial charge in [0.15, 0.2) is 5.69 Å². The zero-order valence-electron chi connectivity index (χ0n) is 7.10. The average molecular weight is 178 g/mol. The summed E-state index contributed by atoms with van der Waals surface area (Å²) < 4.78 is 1.98. The molecule has 1 heterocycles. The van der Waals surface area contributed by atoms with Crippen LogP contribution in [0, 0.1) is 5.92 Å². The maximum Gasteiger partial charge on any atom is 0.356 e. The van der Waals surface area contributed by atoms with Gasteiger partial charge in [-0.1, -0.05) is 0 Å². The fourth-order valence-electron chi connectivity index (χ4n) is 2.44. The number of hydrogen-bond acceptors (Lipinski definition) is 2. The SMILES string of the molecule is O=C(O)c1cn(C23CC(C2)C3)cn1. The Morgan fingerprint density at radius 3 is 2.69 bits per heavy atom. The Hall–Kier alpha value is -1.32. The summed E-state index contributed by atoms with van der Waals surface area (Å²) in [6.07, 6.45) is 6.93. The Morgan fingerprint density at radius 2 is 2.31 bits per heavy atom. The lowest BCUT2D eigenvalue weighted by Crippen LogP contribution is -2.58. The molecular formula is C9H10N2O2. The van der Waals surface area contributed by atoms with Crippen molar-refractivity contribution in [3.8, 4) is 0 Å². The van der Waals surface area contributed by atoms with E-state index in [1.165, 1.54) is 19.3 Å². The van der Waals surface area contributed by atoms with Crippen molar-refractivity contribution in [3.05, 3.63) is 18.2 Å². The van der Waals surface area contributed by atoms with Gasteiger partial charge in [-0.3, -0.25) is 0 Å². The molecule has 0 radical (unpaired) electrons. The molecule has 68 valence electrons.